The van der Waals surface area contributed by atoms with E-state index in [0.29, 0.717) is 11.1 Å². The van der Waals surface area contributed by atoms with E-state index in [1.807, 2.05) is 27.7 Å². The number of benzene rings is 1. The first-order chi connectivity index (χ1) is 11.0. The van der Waals surface area contributed by atoms with Crippen molar-refractivity contribution >= 4 is 52.4 Å². The van der Waals surface area contributed by atoms with E-state index >= 15 is 0 Å². The maximum absolute atomic E-state index is 12.4. The fraction of sp³-hybridized carbons (Fsp3) is 0.588. The van der Waals surface area contributed by atoms with Crippen LogP contribution in [0.2, 0.25) is 20.1 Å². The summed E-state index contributed by atoms with van der Waals surface area (Å²) in [5.41, 5.74) is 0.707. The molecule has 0 radical (unpaired) electrons. The lowest BCUT2D eigenvalue weighted by Crippen LogP contribution is -2.12. The van der Waals surface area contributed by atoms with Crippen LogP contribution >= 0.6 is 46.4 Å². The number of ether oxygens (including phenoxy) is 2. The van der Waals surface area contributed by atoms with Crippen LogP contribution in [0, 0.1) is 16.7 Å². The SMILES string of the molecule is COCc1c(Cl)c(Cl)c(COC(=O)C2C(C)(C)C2(C)C)c(Cl)c1Cl. The molecule has 0 amide bonds. The molecule has 24 heavy (non-hydrogen) atoms. The Morgan fingerprint density at radius 2 is 1.25 bits per heavy atom. The molecule has 0 spiro atoms. The van der Waals surface area contributed by atoms with E-state index in [4.69, 9.17) is 55.9 Å². The van der Waals surface area contributed by atoms with Crippen LogP contribution in [0.25, 0.3) is 0 Å². The molecule has 0 unspecified atom stereocenters. The molecule has 1 aromatic rings. The zero-order valence-electron chi connectivity index (χ0n) is 14.2. The fourth-order valence-electron chi connectivity index (χ4n) is 3.13. The molecule has 1 fully saturated rings. The Labute approximate surface area is 162 Å². The summed E-state index contributed by atoms with van der Waals surface area (Å²) in [6.07, 6.45) is 0. The first kappa shape index (κ1) is 20.1. The highest BCUT2D eigenvalue weighted by molar-refractivity contribution is 6.48. The maximum Gasteiger partial charge on any atom is 0.310 e. The Balaban J connectivity index is 2.21. The Hall–Kier alpha value is -0.190. The van der Waals surface area contributed by atoms with Crippen LogP contribution < -0.4 is 0 Å². The second kappa shape index (κ2) is 6.85. The summed E-state index contributed by atoms with van der Waals surface area (Å²) in [5.74, 6) is -0.438. The number of hydrogen-bond acceptors (Lipinski definition) is 3. The Bertz CT molecular complexity index is 640. The number of carbonyl (C=O) groups is 1. The third-order valence-corrected chi connectivity index (χ3v) is 7.21. The molecule has 0 heterocycles. The highest BCUT2D eigenvalue weighted by atomic mass is 35.5. The van der Waals surface area contributed by atoms with Crippen molar-refractivity contribution in [1.82, 2.24) is 0 Å². The summed E-state index contributed by atoms with van der Waals surface area (Å²) >= 11 is 25.0. The first-order valence-electron chi connectivity index (χ1n) is 7.47. The van der Waals surface area contributed by atoms with Crippen molar-refractivity contribution in [3.63, 3.8) is 0 Å². The molecule has 1 aliphatic carbocycles. The lowest BCUT2D eigenvalue weighted by Gasteiger charge is -2.15. The minimum Gasteiger partial charge on any atom is -0.460 e. The lowest BCUT2D eigenvalue weighted by atomic mass is 10.0. The van der Waals surface area contributed by atoms with Crippen molar-refractivity contribution in [2.75, 3.05) is 7.11 Å². The molecule has 0 atom stereocenters. The molecule has 1 aliphatic rings. The van der Waals surface area contributed by atoms with Crippen molar-refractivity contribution in [1.29, 1.82) is 0 Å². The number of halogens is 4. The lowest BCUT2D eigenvalue weighted by molar-refractivity contribution is -0.148. The average Bonchev–Trinajstić information content (AvgIpc) is 2.91. The molecular weight excluding hydrogens is 394 g/mol. The van der Waals surface area contributed by atoms with Gasteiger partial charge in [0.2, 0.25) is 0 Å². The summed E-state index contributed by atoms with van der Waals surface area (Å²) in [7, 11) is 1.52. The van der Waals surface area contributed by atoms with Gasteiger partial charge in [-0.25, -0.2) is 0 Å². The molecule has 0 aromatic heterocycles. The molecular formula is C17H20Cl4O3. The minimum absolute atomic E-state index is 0.0775. The van der Waals surface area contributed by atoms with E-state index in [2.05, 4.69) is 0 Å². The van der Waals surface area contributed by atoms with Crippen molar-refractivity contribution < 1.29 is 14.3 Å². The van der Waals surface area contributed by atoms with E-state index in [9.17, 15) is 4.79 Å². The summed E-state index contributed by atoms with van der Waals surface area (Å²) in [4.78, 5) is 12.4. The van der Waals surface area contributed by atoms with Crippen LogP contribution in [0.1, 0.15) is 38.8 Å². The molecule has 0 aliphatic heterocycles. The van der Waals surface area contributed by atoms with Gasteiger partial charge in [0.1, 0.15) is 6.61 Å². The van der Waals surface area contributed by atoms with Crippen molar-refractivity contribution in [3.05, 3.63) is 31.2 Å². The Kier molecular flexibility index (Phi) is 5.74. The smallest absolute Gasteiger partial charge is 0.310 e. The largest absolute Gasteiger partial charge is 0.460 e. The van der Waals surface area contributed by atoms with Gasteiger partial charge in [0.05, 0.1) is 32.6 Å². The van der Waals surface area contributed by atoms with Gasteiger partial charge in [-0.3, -0.25) is 4.79 Å². The minimum atomic E-state index is -0.273. The zero-order chi connectivity index (χ0) is 18.4. The van der Waals surface area contributed by atoms with Gasteiger partial charge in [-0.05, 0) is 10.8 Å². The van der Waals surface area contributed by atoms with Crippen LogP contribution in [-0.2, 0) is 27.5 Å². The third kappa shape index (κ3) is 3.14. The molecule has 0 bridgehead atoms. The summed E-state index contributed by atoms with van der Waals surface area (Å²) in [6.45, 7) is 8.30. The molecule has 2 rings (SSSR count). The highest BCUT2D eigenvalue weighted by Crippen LogP contribution is 2.68. The van der Waals surface area contributed by atoms with Crippen molar-refractivity contribution in [2.24, 2.45) is 16.7 Å². The number of esters is 1. The summed E-state index contributed by atoms with van der Waals surface area (Å²) < 4.78 is 10.5. The van der Waals surface area contributed by atoms with Crippen LogP contribution in [0.15, 0.2) is 0 Å². The monoisotopic (exact) mass is 412 g/mol. The molecule has 3 nitrogen and oxygen atoms in total. The topological polar surface area (TPSA) is 35.5 Å². The number of methoxy groups -OCH3 is 1. The summed E-state index contributed by atoms with van der Waals surface area (Å²) in [6, 6.07) is 0. The van der Waals surface area contributed by atoms with E-state index in [0.717, 1.165) is 0 Å². The van der Waals surface area contributed by atoms with Gasteiger partial charge < -0.3 is 9.47 Å². The van der Waals surface area contributed by atoms with Gasteiger partial charge in [-0.1, -0.05) is 74.1 Å². The molecule has 134 valence electrons. The van der Waals surface area contributed by atoms with E-state index in [-0.39, 0.29) is 56.0 Å². The van der Waals surface area contributed by atoms with Crippen molar-refractivity contribution in [2.45, 2.75) is 40.9 Å². The molecule has 1 aromatic carbocycles. The average molecular weight is 414 g/mol. The second-order valence-electron chi connectivity index (χ2n) is 7.13. The number of carbonyl (C=O) groups excluding carboxylic acids is 1. The first-order valence-corrected chi connectivity index (χ1v) is 8.98. The molecule has 7 heteroatoms. The fourth-order valence-corrected chi connectivity index (χ4v) is 4.28. The standard InChI is InChI=1S/C17H20Cl4O3/c1-16(2)14(17(16,3)4)15(22)24-7-9-12(20)10(18)8(6-23-5)11(19)13(9)21/h14H,6-7H2,1-5H3. The number of hydrogen-bond donors (Lipinski definition) is 0. The normalized spacial score (nSPS) is 18.5. The zero-order valence-corrected chi connectivity index (χ0v) is 17.3. The van der Waals surface area contributed by atoms with Gasteiger partial charge in [0.25, 0.3) is 0 Å². The van der Waals surface area contributed by atoms with Crippen LogP contribution in [-0.4, -0.2) is 13.1 Å². The van der Waals surface area contributed by atoms with Gasteiger partial charge in [-0.15, -0.1) is 0 Å². The predicted molar refractivity (Wildman–Crippen MR) is 98.0 cm³/mol. The van der Waals surface area contributed by atoms with Crippen LogP contribution in [0.5, 0.6) is 0 Å². The summed E-state index contributed by atoms with van der Waals surface area (Å²) in [5, 5.41) is 0.956. The van der Waals surface area contributed by atoms with Gasteiger partial charge in [0, 0.05) is 18.2 Å². The van der Waals surface area contributed by atoms with Crippen molar-refractivity contribution in [3.8, 4) is 0 Å². The Morgan fingerprint density at radius 1 is 0.875 bits per heavy atom. The Morgan fingerprint density at radius 3 is 1.58 bits per heavy atom. The van der Waals surface area contributed by atoms with Crippen LogP contribution in [0.4, 0.5) is 0 Å². The second-order valence-corrected chi connectivity index (χ2v) is 8.64. The van der Waals surface area contributed by atoms with Gasteiger partial charge in [0.15, 0.2) is 0 Å². The van der Waals surface area contributed by atoms with E-state index < -0.39 is 0 Å². The molecule has 0 saturated heterocycles. The van der Waals surface area contributed by atoms with E-state index in [1.165, 1.54) is 7.11 Å². The predicted octanol–water partition coefficient (Wildman–Crippen LogP) is 6.17. The maximum atomic E-state index is 12.4. The highest BCUT2D eigenvalue weighted by Gasteiger charge is 2.69. The quantitative estimate of drug-likeness (QED) is 0.427. The molecule has 0 N–H and O–H groups in total. The van der Waals surface area contributed by atoms with E-state index in [1.54, 1.807) is 0 Å². The number of rotatable bonds is 5. The van der Waals surface area contributed by atoms with Gasteiger partial charge in [-0.2, -0.15) is 0 Å². The third-order valence-electron chi connectivity index (χ3n) is 5.35. The van der Waals surface area contributed by atoms with Gasteiger partial charge >= 0.3 is 5.97 Å². The molecule has 1 saturated carbocycles. The van der Waals surface area contributed by atoms with Crippen LogP contribution in [0.3, 0.4) is 0 Å².